The molecule has 0 saturated heterocycles. The van der Waals surface area contributed by atoms with Gasteiger partial charge in [-0.2, -0.15) is 0 Å². The number of para-hydroxylation sites is 1. The number of hydrogen-bond donors (Lipinski definition) is 1. The molecule has 1 N–H and O–H groups in total. The number of fused-ring (bicyclic) bond motifs is 1. The van der Waals surface area contributed by atoms with E-state index in [1.807, 2.05) is 6.07 Å². The van der Waals surface area contributed by atoms with Crippen LogP contribution >= 0.6 is 27.3 Å². The first-order valence-corrected chi connectivity index (χ1v) is 8.12. The summed E-state index contributed by atoms with van der Waals surface area (Å²) < 4.78 is 2.34. The Kier molecular flexibility index (Phi) is 3.76. The molecular formula is C16H15BrN2S. The summed E-state index contributed by atoms with van der Waals surface area (Å²) in [4.78, 5) is 4.70. The van der Waals surface area contributed by atoms with Crippen molar-refractivity contribution < 1.29 is 0 Å². The van der Waals surface area contributed by atoms with Gasteiger partial charge in [-0.1, -0.05) is 28.1 Å². The van der Waals surface area contributed by atoms with Crippen LogP contribution in [-0.2, 0) is 0 Å². The molecule has 102 valence electrons. The van der Waals surface area contributed by atoms with Crippen molar-refractivity contribution in [2.75, 3.05) is 5.32 Å². The van der Waals surface area contributed by atoms with Gasteiger partial charge < -0.3 is 5.32 Å². The lowest BCUT2D eigenvalue weighted by Gasteiger charge is -2.15. The third-order valence-electron chi connectivity index (χ3n) is 3.24. The molecule has 0 radical (unpaired) electrons. The number of anilines is 1. The molecule has 0 fully saturated rings. The highest BCUT2D eigenvalue weighted by molar-refractivity contribution is 9.10. The fraction of sp³-hybridized carbons (Fsp3) is 0.188. The maximum Gasteiger partial charge on any atom is 0.116 e. The average Bonchev–Trinajstić information content (AvgIpc) is 2.86. The zero-order chi connectivity index (χ0) is 14.1. The van der Waals surface area contributed by atoms with E-state index in [1.54, 1.807) is 11.3 Å². The number of nitrogens with zero attached hydrogens (tertiary/aromatic N) is 1. The van der Waals surface area contributed by atoms with Crippen LogP contribution < -0.4 is 5.32 Å². The van der Waals surface area contributed by atoms with E-state index >= 15 is 0 Å². The van der Waals surface area contributed by atoms with Gasteiger partial charge in [0.05, 0.1) is 16.3 Å². The summed E-state index contributed by atoms with van der Waals surface area (Å²) in [6, 6.07) is 14.7. The standard InChI is InChI=1S/C16H15BrN2S/c1-10-9-12(17)7-8-13(10)18-11(2)16-19-14-5-3-4-6-15(14)20-16/h3-9,11,18H,1-2H3. The first-order chi connectivity index (χ1) is 9.63. The molecule has 1 atom stereocenters. The number of aryl methyl sites for hydroxylation is 1. The number of halogens is 1. The molecule has 0 aliphatic heterocycles. The third kappa shape index (κ3) is 2.72. The fourth-order valence-corrected chi connectivity index (χ4v) is 3.60. The van der Waals surface area contributed by atoms with Crippen LogP contribution in [0.15, 0.2) is 46.9 Å². The second-order valence-corrected chi connectivity index (χ2v) is 6.82. The molecule has 0 aliphatic rings. The van der Waals surface area contributed by atoms with E-state index in [4.69, 9.17) is 4.98 Å². The van der Waals surface area contributed by atoms with Crippen LogP contribution in [0.25, 0.3) is 10.2 Å². The van der Waals surface area contributed by atoms with Gasteiger partial charge in [0, 0.05) is 10.2 Å². The number of rotatable bonds is 3. The number of benzene rings is 2. The van der Waals surface area contributed by atoms with E-state index in [1.165, 1.54) is 10.3 Å². The number of nitrogens with one attached hydrogen (secondary N) is 1. The maximum atomic E-state index is 4.70. The Bertz CT molecular complexity index is 718. The second kappa shape index (κ2) is 5.54. The van der Waals surface area contributed by atoms with Crippen LogP contribution in [0.4, 0.5) is 5.69 Å². The van der Waals surface area contributed by atoms with E-state index in [0.29, 0.717) is 0 Å². The van der Waals surface area contributed by atoms with Gasteiger partial charge in [0.15, 0.2) is 0 Å². The number of thiazole rings is 1. The van der Waals surface area contributed by atoms with Gasteiger partial charge in [-0.3, -0.25) is 0 Å². The van der Waals surface area contributed by atoms with Crippen molar-refractivity contribution in [2.24, 2.45) is 0 Å². The second-order valence-electron chi connectivity index (χ2n) is 4.85. The lowest BCUT2D eigenvalue weighted by Crippen LogP contribution is -2.07. The van der Waals surface area contributed by atoms with Crippen molar-refractivity contribution >= 4 is 43.2 Å². The number of aromatic nitrogens is 1. The minimum absolute atomic E-state index is 0.201. The van der Waals surface area contributed by atoms with Crippen molar-refractivity contribution in [1.29, 1.82) is 0 Å². The molecule has 2 aromatic carbocycles. The van der Waals surface area contributed by atoms with Crippen molar-refractivity contribution in [2.45, 2.75) is 19.9 Å². The molecule has 0 spiro atoms. The Morgan fingerprint density at radius 1 is 1.20 bits per heavy atom. The molecule has 0 saturated carbocycles. The highest BCUT2D eigenvalue weighted by Crippen LogP contribution is 2.29. The van der Waals surface area contributed by atoms with Crippen LogP contribution in [0, 0.1) is 6.92 Å². The molecule has 0 aliphatic carbocycles. The van der Waals surface area contributed by atoms with Gasteiger partial charge in [-0.25, -0.2) is 4.98 Å². The molecule has 20 heavy (non-hydrogen) atoms. The van der Waals surface area contributed by atoms with E-state index in [2.05, 4.69) is 71.5 Å². The highest BCUT2D eigenvalue weighted by Gasteiger charge is 2.12. The topological polar surface area (TPSA) is 24.9 Å². The van der Waals surface area contributed by atoms with Crippen LogP contribution in [0.1, 0.15) is 23.5 Å². The first-order valence-electron chi connectivity index (χ1n) is 6.51. The minimum atomic E-state index is 0.201. The van der Waals surface area contributed by atoms with Gasteiger partial charge in [0.1, 0.15) is 5.01 Å². The maximum absolute atomic E-state index is 4.70. The zero-order valence-electron chi connectivity index (χ0n) is 11.4. The lowest BCUT2D eigenvalue weighted by molar-refractivity contribution is 0.872. The normalized spacial score (nSPS) is 12.6. The van der Waals surface area contributed by atoms with Gasteiger partial charge >= 0.3 is 0 Å². The monoisotopic (exact) mass is 346 g/mol. The molecule has 1 aromatic heterocycles. The zero-order valence-corrected chi connectivity index (χ0v) is 13.8. The predicted molar refractivity (Wildman–Crippen MR) is 90.5 cm³/mol. The lowest BCUT2D eigenvalue weighted by atomic mass is 10.2. The summed E-state index contributed by atoms with van der Waals surface area (Å²) in [6.45, 7) is 4.26. The predicted octanol–water partition coefficient (Wildman–Crippen LogP) is 5.54. The molecular weight excluding hydrogens is 332 g/mol. The molecule has 0 amide bonds. The van der Waals surface area contributed by atoms with Crippen LogP contribution in [-0.4, -0.2) is 4.98 Å². The minimum Gasteiger partial charge on any atom is -0.376 e. The SMILES string of the molecule is Cc1cc(Br)ccc1NC(C)c1nc2ccccc2s1. The Morgan fingerprint density at radius 3 is 2.75 bits per heavy atom. The summed E-state index contributed by atoms with van der Waals surface area (Å²) in [5.74, 6) is 0. The first kappa shape index (κ1) is 13.6. The molecule has 2 nitrogen and oxygen atoms in total. The molecule has 0 bridgehead atoms. The van der Waals surface area contributed by atoms with E-state index in [9.17, 15) is 0 Å². The third-order valence-corrected chi connectivity index (χ3v) is 4.95. The van der Waals surface area contributed by atoms with Gasteiger partial charge in [-0.15, -0.1) is 11.3 Å². The summed E-state index contributed by atoms with van der Waals surface area (Å²) >= 11 is 5.24. The Labute approximate surface area is 131 Å². The van der Waals surface area contributed by atoms with Crippen molar-refractivity contribution in [1.82, 2.24) is 4.98 Å². The summed E-state index contributed by atoms with van der Waals surface area (Å²) in [5.41, 5.74) is 3.46. The van der Waals surface area contributed by atoms with E-state index in [-0.39, 0.29) is 6.04 Å². The van der Waals surface area contributed by atoms with Crippen LogP contribution in [0.5, 0.6) is 0 Å². The largest absolute Gasteiger partial charge is 0.376 e. The molecule has 3 rings (SSSR count). The smallest absolute Gasteiger partial charge is 0.116 e. The van der Waals surface area contributed by atoms with Gasteiger partial charge in [-0.05, 0) is 49.7 Å². The Morgan fingerprint density at radius 2 is 2.00 bits per heavy atom. The highest BCUT2D eigenvalue weighted by atomic mass is 79.9. The summed E-state index contributed by atoms with van der Waals surface area (Å²) in [7, 11) is 0. The van der Waals surface area contributed by atoms with E-state index < -0.39 is 0 Å². The van der Waals surface area contributed by atoms with Gasteiger partial charge in [0.25, 0.3) is 0 Å². The van der Waals surface area contributed by atoms with Crippen LogP contribution in [0.3, 0.4) is 0 Å². The average molecular weight is 347 g/mol. The Balaban J connectivity index is 1.86. The fourth-order valence-electron chi connectivity index (χ4n) is 2.16. The quantitative estimate of drug-likeness (QED) is 0.673. The Hall–Kier alpha value is -1.39. The number of hydrogen-bond acceptors (Lipinski definition) is 3. The van der Waals surface area contributed by atoms with Crippen molar-refractivity contribution in [3.05, 3.63) is 57.5 Å². The van der Waals surface area contributed by atoms with Crippen LogP contribution in [0.2, 0.25) is 0 Å². The molecule has 1 unspecified atom stereocenters. The van der Waals surface area contributed by atoms with Crippen molar-refractivity contribution in [3.8, 4) is 0 Å². The van der Waals surface area contributed by atoms with Crippen molar-refractivity contribution in [3.63, 3.8) is 0 Å². The molecule has 1 heterocycles. The molecule has 3 aromatic rings. The van der Waals surface area contributed by atoms with Gasteiger partial charge in [0.2, 0.25) is 0 Å². The van der Waals surface area contributed by atoms with E-state index in [0.717, 1.165) is 20.7 Å². The summed E-state index contributed by atoms with van der Waals surface area (Å²) in [6.07, 6.45) is 0. The summed E-state index contributed by atoms with van der Waals surface area (Å²) in [5, 5.41) is 4.66. The molecule has 4 heteroatoms.